The molecule has 1 unspecified atom stereocenters. The van der Waals surface area contributed by atoms with Crippen molar-refractivity contribution in [3.63, 3.8) is 0 Å². The highest BCUT2D eigenvalue weighted by Gasteiger charge is 2.22. The number of rotatable bonds is 6. The van der Waals surface area contributed by atoms with E-state index < -0.39 is 0 Å². The van der Waals surface area contributed by atoms with Crippen LogP contribution in [-0.2, 0) is 4.79 Å². The van der Waals surface area contributed by atoms with Crippen LogP contribution >= 0.6 is 11.3 Å². The molecule has 1 amide bonds. The standard InChI is InChI=1S/C25H26N4O2S/c1-2-18-9-5-6-15-29(18)22-14-13-17-8-7-11-20(24(17)27-22)31-16-23(30)28-25-26-19-10-3-4-12-21(19)32-25/h3-4,7-8,10-14,18H,2,5-6,9,15-16H2,1H3,(H,26,28,30). The third-order valence-electron chi connectivity index (χ3n) is 5.96. The summed E-state index contributed by atoms with van der Waals surface area (Å²) < 4.78 is 6.95. The Morgan fingerprint density at radius 2 is 2.03 bits per heavy atom. The first-order chi connectivity index (χ1) is 15.7. The van der Waals surface area contributed by atoms with Crippen molar-refractivity contribution in [1.29, 1.82) is 0 Å². The Morgan fingerprint density at radius 1 is 1.12 bits per heavy atom. The molecule has 1 aliphatic heterocycles. The molecule has 2 aromatic heterocycles. The number of anilines is 2. The molecule has 32 heavy (non-hydrogen) atoms. The zero-order valence-electron chi connectivity index (χ0n) is 18.1. The Balaban J connectivity index is 1.32. The van der Waals surface area contributed by atoms with Gasteiger partial charge in [-0.3, -0.25) is 10.1 Å². The van der Waals surface area contributed by atoms with Crippen molar-refractivity contribution < 1.29 is 9.53 Å². The van der Waals surface area contributed by atoms with Crippen molar-refractivity contribution in [2.45, 2.75) is 38.6 Å². The number of ether oxygens (including phenoxy) is 1. The maximum Gasteiger partial charge on any atom is 0.264 e. The molecule has 1 atom stereocenters. The second-order valence-corrected chi connectivity index (χ2v) is 9.10. The van der Waals surface area contributed by atoms with Crippen molar-refractivity contribution in [2.75, 3.05) is 23.4 Å². The molecule has 0 aliphatic carbocycles. The SMILES string of the molecule is CCC1CCCCN1c1ccc2cccc(OCC(=O)Nc3nc4ccccc4s3)c2n1. The van der Waals surface area contributed by atoms with E-state index in [4.69, 9.17) is 9.72 Å². The smallest absolute Gasteiger partial charge is 0.264 e. The lowest BCUT2D eigenvalue weighted by Crippen LogP contribution is -2.39. The summed E-state index contributed by atoms with van der Waals surface area (Å²) in [6, 6.07) is 18.4. The molecule has 5 rings (SSSR count). The van der Waals surface area contributed by atoms with E-state index in [0.717, 1.165) is 39.9 Å². The molecule has 3 heterocycles. The zero-order valence-corrected chi connectivity index (χ0v) is 18.9. The number of carbonyl (C=O) groups excluding carboxylic acids is 1. The molecule has 1 N–H and O–H groups in total. The van der Waals surface area contributed by atoms with Crippen LogP contribution < -0.4 is 15.0 Å². The van der Waals surface area contributed by atoms with E-state index in [1.807, 2.05) is 42.5 Å². The normalized spacial score (nSPS) is 16.4. The number of piperidine rings is 1. The van der Waals surface area contributed by atoms with Crippen LogP contribution in [0.5, 0.6) is 5.75 Å². The average molecular weight is 447 g/mol. The van der Waals surface area contributed by atoms with Crippen molar-refractivity contribution in [1.82, 2.24) is 9.97 Å². The van der Waals surface area contributed by atoms with Gasteiger partial charge in [0, 0.05) is 18.0 Å². The van der Waals surface area contributed by atoms with E-state index >= 15 is 0 Å². The monoisotopic (exact) mass is 446 g/mol. The molecule has 0 saturated carbocycles. The molecule has 164 valence electrons. The van der Waals surface area contributed by atoms with Crippen molar-refractivity contribution in [3.05, 3.63) is 54.6 Å². The number of nitrogens with zero attached hydrogens (tertiary/aromatic N) is 3. The summed E-state index contributed by atoms with van der Waals surface area (Å²) in [5, 5.41) is 4.42. The van der Waals surface area contributed by atoms with E-state index in [1.165, 1.54) is 30.6 Å². The van der Waals surface area contributed by atoms with Gasteiger partial charge in [0.05, 0.1) is 10.2 Å². The second kappa shape index (κ2) is 9.12. The van der Waals surface area contributed by atoms with E-state index in [-0.39, 0.29) is 12.5 Å². The molecular formula is C25H26N4O2S. The Morgan fingerprint density at radius 3 is 2.91 bits per heavy atom. The zero-order chi connectivity index (χ0) is 21.9. The number of carbonyl (C=O) groups is 1. The molecular weight excluding hydrogens is 420 g/mol. The number of benzene rings is 2. The summed E-state index contributed by atoms with van der Waals surface area (Å²) in [5.41, 5.74) is 1.67. The molecule has 7 heteroatoms. The number of aromatic nitrogens is 2. The molecule has 4 aromatic rings. The Kier molecular flexibility index (Phi) is 5.90. The van der Waals surface area contributed by atoms with E-state index in [2.05, 4.69) is 34.3 Å². The minimum absolute atomic E-state index is 0.0950. The van der Waals surface area contributed by atoms with Crippen LogP contribution in [0.1, 0.15) is 32.6 Å². The van der Waals surface area contributed by atoms with Gasteiger partial charge in [-0.2, -0.15) is 0 Å². The molecule has 1 fully saturated rings. The van der Waals surface area contributed by atoms with Crippen LogP contribution in [0.3, 0.4) is 0 Å². The summed E-state index contributed by atoms with van der Waals surface area (Å²) in [6.45, 7) is 3.18. The molecule has 1 aliphatic rings. The third-order valence-corrected chi connectivity index (χ3v) is 6.91. The summed E-state index contributed by atoms with van der Waals surface area (Å²) in [4.78, 5) is 24.3. The van der Waals surface area contributed by atoms with Crippen LogP contribution in [-0.4, -0.2) is 35.1 Å². The lowest BCUT2D eigenvalue weighted by Gasteiger charge is -2.36. The fourth-order valence-corrected chi connectivity index (χ4v) is 5.22. The number of pyridine rings is 1. The van der Waals surface area contributed by atoms with Crippen LogP contribution in [0.25, 0.3) is 21.1 Å². The van der Waals surface area contributed by atoms with Crippen molar-refractivity contribution in [2.24, 2.45) is 0 Å². The molecule has 0 spiro atoms. The maximum absolute atomic E-state index is 12.5. The molecule has 1 saturated heterocycles. The van der Waals surface area contributed by atoms with Crippen molar-refractivity contribution in [3.8, 4) is 5.75 Å². The number of para-hydroxylation sites is 2. The van der Waals surface area contributed by atoms with E-state index in [0.29, 0.717) is 16.9 Å². The van der Waals surface area contributed by atoms with Gasteiger partial charge >= 0.3 is 0 Å². The molecule has 0 bridgehead atoms. The highest BCUT2D eigenvalue weighted by atomic mass is 32.1. The van der Waals surface area contributed by atoms with Gasteiger partial charge in [0.2, 0.25) is 0 Å². The predicted molar refractivity (Wildman–Crippen MR) is 131 cm³/mol. The predicted octanol–water partition coefficient (Wildman–Crippen LogP) is 5.63. The number of fused-ring (bicyclic) bond motifs is 2. The minimum Gasteiger partial charge on any atom is -0.481 e. The largest absolute Gasteiger partial charge is 0.481 e. The number of hydrogen-bond acceptors (Lipinski definition) is 6. The highest BCUT2D eigenvalue weighted by molar-refractivity contribution is 7.22. The fourth-order valence-electron chi connectivity index (χ4n) is 4.34. The van der Waals surface area contributed by atoms with Gasteiger partial charge in [0.25, 0.3) is 5.91 Å². The average Bonchev–Trinajstić information content (AvgIpc) is 3.24. The van der Waals surface area contributed by atoms with Crippen LogP contribution in [0.4, 0.5) is 10.9 Å². The first-order valence-corrected chi connectivity index (χ1v) is 12.0. The van der Waals surface area contributed by atoms with Gasteiger partial charge in [0.15, 0.2) is 11.7 Å². The molecule has 6 nitrogen and oxygen atoms in total. The van der Waals surface area contributed by atoms with Gasteiger partial charge in [-0.15, -0.1) is 0 Å². The Bertz CT molecular complexity index is 1220. The summed E-state index contributed by atoms with van der Waals surface area (Å²) in [6.07, 6.45) is 4.80. The fraction of sp³-hybridized carbons (Fsp3) is 0.320. The maximum atomic E-state index is 12.5. The van der Waals surface area contributed by atoms with Gasteiger partial charge in [-0.25, -0.2) is 9.97 Å². The quantitative estimate of drug-likeness (QED) is 0.416. The van der Waals surface area contributed by atoms with Crippen LogP contribution in [0.2, 0.25) is 0 Å². The van der Waals surface area contributed by atoms with Crippen molar-refractivity contribution >= 4 is 49.3 Å². The number of hydrogen-bond donors (Lipinski definition) is 1. The van der Waals surface area contributed by atoms with E-state index in [9.17, 15) is 4.79 Å². The van der Waals surface area contributed by atoms with Crippen LogP contribution in [0.15, 0.2) is 54.6 Å². The second-order valence-electron chi connectivity index (χ2n) is 8.07. The highest BCUT2D eigenvalue weighted by Crippen LogP contribution is 2.30. The first-order valence-electron chi connectivity index (χ1n) is 11.2. The topological polar surface area (TPSA) is 67.3 Å². The summed E-state index contributed by atoms with van der Waals surface area (Å²) in [7, 11) is 0. The minimum atomic E-state index is -0.237. The Hall–Kier alpha value is -3.19. The van der Waals surface area contributed by atoms with Gasteiger partial charge < -0.3 is 9.64 Å². The lowest BCUT2D eigenvalue weighted by atomic mass is 10.00. The molecule has 2 aromatic carbocycles. The summed E-state index contributed by atoms with van der Waals surface area (Å²) in [5.74, 6) is 1.37. The van der Waals surface area contributed by atoms with Gasteiger partial charge in [0.1, 0.15) is 17.1 Å². The lowest BCUT2D eigenvalue weighted by molar-refractivity contribution is -0.118. The number of amides is 1. The van der Waals surface area contributed by atoms with Gasteiger partial charge in [-0.05, 0) is 56.0 Å². The first kappa shape index (κ1) is 20.7. The Labute approximate surface area is 191 Å². The summed E-state index contributed by atoms with van der Waals surface area (Å²) >= 11 is 1.45. The third kappa shape index (κ3) is 4.25. The molecule has 0 radical (unpaired) electrons. The number of thiazole rings is 1. The van der Waals surface area contributed by atoms with Crippen LogP contribution in [0, 0.1) is 0 Å². The van der Waals surface area contributed by atoms with E-state index in [1.54, 1.807) is 0 Å². The van der Waals surface area contributed by atoms with Gasteiger partial charge in [-0.1, -0.05) is 42.5 Å². The number of nitrogens with one attached hydrogen (secondary N) is 1.